The molecule has 0 saturated carbocycles. The van der Waals surface area contributed by atoms with E-state index < -0.39 is 11.9 Å². The molecule has 5 aromatic carbocycles. The van der Waals surface area contributed by atoms with Crippen molar-refractivity contribution in [2.75, 3.05) is 0 Å². The van der Waals surface area contributed by atoms with Crippen LogP contribution in [0.15, 0.2) is 133 Å². The fraction of sp³-hybridized carbons (Fsp3) is 0. The van der Waals surface area contributed by atoms with Crippen molar-refractivity contribution in [2.24, 2.45) is 0 Å². The monoisotopic (exact) mass is 602 g/mol. The predicted molar refractivity (Wildman–Crippen MR) is 177 cm³/mol. The Hall–Kier alpha value is -6.54. The highest BCUT2D eigenvalue weighted by Crippen LogP contribution is 2.38. The predicted octanol–water partition coefficient (Wildman–Crippen LogP) is 8.53. The third-order valence-corrected chi connectivity index (χ3v) is 7.75. The van der Waals surface area contributed by atoms with Gasteiger partial charge in [0.2, 0.25) is 0 Å². The second-order valence-corrected chi connectivity index (χ2v) is 10.7. The van der Waals surface area contributed by atoms with Gasteiger partial charge in [0, 0.05) is 33.4 Å². The molecule has 0 fully saturated rings. The van der Waals surface area contributed by atoms with E-state index >= 15 is 0 Å². The first-order valence-corrected chi connectivity index (χ1v) is 14.5. The van der Waals surface area contributed by atoms with Crippen molar-refractivity contribution in [2.45, 2.75) is 0 Å². The van der Waals surface area contributed by atoms with Gasteiger partial charge in [0.1, 0.15) is 11.6 Å². The fourth-order valence-corrected chi connectivity index (χ4v) is 5.42. The van der Waals surface area contributed by atoms with E-state index in [0.717, 1.165) is 56.2 Å². The molecule has 7 aromatic rings. The van der Waals surface area contributed by atoms with Crippen LogP contribution < -0.4 is 0 Å². The number of carbonyl (C=O) groups is 2. The van der Waals surface area contributed by atoms with Crippen LogP contribution in [0.25, 0.3) is 67.8 Å². The first kappa shape index (κ1) is 28.2. The van der Waals surface area contributed by atoms with Gasteiger partial charge in [-0.3, -0.25) is 0 Å². The van der Waals surface area contributed by atoms with Crippen LogP contribution in [0.5, 0.6) is 0 Å². The minimum Gasteiger partial charge on any atom is -0.478 e. The van der Waals surface area contributed by atoms with Crippen LogP contribution in [0.1, 0.15) is 20.7 Å². The molecule has 4 N–H and O–H groups in total. The third-order valence-electron chi connectivity index (χ3n) is 7.75. The smallest absolute Gasteiger partial charge is 0.335 e. The maximum absolute atomic E-state index is 11.4. The minimum absolute atomic E-state index is 0.205. The number of nitrogens with one attached hydrogen (secondary N) is 2. The zero-order valence-corrected chi connectivity index (χ0v) is 24.3. The zero-order chi connectivity index (χ0) is 31.6. The lowest BCUT2D eigenvalue weighted by atomic mass is 10.00. The van der Waals surface area contributed by atoms with E-state index in [1.165, 1.54) is 0 Å². The second-order valence-electron chi connectivity index (χ2n) is 10.7. The third kappa shape index (κ3) is 5.46. The number of aromatic nitrogens is 4. The highest BCUT2D eigenvalue weighted by atomic mass is 16.4. The van der Waals surface area contributed by atoms with Gasteiger partial charge in [-0.2, -0.15) is 0 Å². The van der Waals surface area contributed by atoms with Crippen LogP contribution in [-0.2, 0) is 0 Å². The first-order valence-electron chi connectivity index (χ1n) is 14.5. The molecular formula is C38H26N4O4. The number of carboxylic acids is 2. The van der Waals surface area contributed by atoms with Crippen LogP contribution in [0.4, 0.5) is 0 Å². The summed E-state index contributed by atoms with van der Waals surface area (Å²) in [6.45, 7) is 0. The summed E-state index contributed by atoms with van der Waals surface area (Å²) in [5.74, 6) is -0.731. The van der Waals surface area contributed by atoms with E-state index in [9.17, 15) is 19.8 Å². The normalized spacial score (nSPS) is 11.0. The fourth-order valence-electron chi connectivity index (χ4n) is 5.42. The standard InChI is InChI=1S/C38H26N4O4/c43-37(44)27-18-14-25(15-19-27)35-39-31(23-8-3-1-4-9-23)33(41-35)29-12-7-13-30(22-29)34-32(24-10-5-2-6-11-24)40-36(42-34)26-16-20-28(21-17-26)38(45)46/h1-22H,(H,39,41)(H,40,42)(H,43,44)(H,45,46). The van der Waals surface area contributed by atoms with E-state index in [4.69, 9.17) is 9.97 Å². The SMILES string of the molecule is O=C(O)c1ccc(-c2nc(-c3cccc(-c4nc(-c5ccc(C(=O)O)cc5)[nH]c4-c4ccccc4)c3)c(-c3ccccc3)[nH]2)cc1. The van der Waals surface area contributed by atoms with E-state index in [1.807, 2.05) is 78.9 Å². The molecule has 0 aliphatic heterocycles. The lowest BCUT2D eigenvalue weighted by Crippen LogP contribution is -1.95. The van der Waals surface area contributed by atoms with Gasteiger partial charge in [-0.05, 0) is 30.3 Å². The van der Waals surface area contributed by atoms with Gasteiger partial charge in [0.15, 0.2) is 0 Å². The number of imidazole rings is 2. The quantitative estimate of drug-likeness (QED) is 0.138. The van der Waals surface area contributed by atoms with Gasteiger partial charge in [0.25, 0.3) is 0 Å². The van der Waals surface area contributed by atoms with Crippen LogP contribution in [0.2, 0.25) is 0 Å². The average Bonchev–Trinajstić information content (AvgIpc) is 3.76. The lowest BCUT2D eigenvalue weighted by molar-refractivity contribution is 0.0686. The molecule has 0 bridgehead atoms. The zero-order valence-electron chi connectivity index (χ0n) is 24.3. The van der Waals surface area contributed by atoms with Gasteiger partial charge < -0.3 is 20.2 Å². The molecule has 46 heavy (non-hydrogen) atoms. The van der Waals surface area contributed by atoms with Crippen molar-refractivity contribution >= 4 is 11.9 Å². The Morgan fingerprint density at radius 2 is 0.804 bits per heavy atom. The summed E-state index contributed by atoms with van der Waals surface area (Å²) in [6.07, 6.45) is 0. The summed E-state index contributed by atoms with van der Waals surface area (Å²) >= 11 is 0. The van der Waals surface area contributed by atoms with Crippen LogP contribution in [-0.4, -0.2) is 42.1 Å². The van der Waals surface area contributed by atoms with Crippen molar-refractivity contribution in [1.29, 1.82) is 0 Å². The number of H-pyrrole nitrogens is 2. The molecule has 2 heterocycles. The van der Waals surface area contributed by atoms with Gasteiger partial charge in [0.05, 0.1) is 33.9 Å². The molecule has 0 saturated heterocycles. The molecule has 0 atom stereocenters. The molecule has 8 heteroatoms. The van der Waals surface area contributed by atoms with Crippen molar-refractivity contribution in [3.63, 3.8) is 0 Å². The number of aromatic carboxylic acids is 2. The average molecular weight is 603 g/mol. The number of hydrogen-bond donors (Lipinski definition) is 4. The Bertz CT molecular complexity index is 2030. The molecule has 222 valence electrons. The summed E-state index contributed by atoms with van der Waals surface area (Å²) in [7, 11) is 0. The van der Waals surface area contributed by atoms with E-state index in [0.29, 0.717) is 11.6 Å². The molecule has 0 amide bonds. The van der Waals surface area contributed by atoms with Gasteiger partial charge in [-0.25, -0.2) is 19.6 Å². The highest BCUT2D eigenvalue weighted by Gasteiger charge is 2.19. The van der Waals surface area contributed by atoms with E-state index in [2.05, 4.69) is 16.0 Å². The van der Waals surface area contributed by atoms with Crippen molar-refractivity contribution in [3.05, 3.63) is 145 Å². The second kappa shape index (κ2) is 11.9. The maximum atomic E-state index is 11.4. The van der Waals surface area contributed by atoms with Crippen molar-refractivity contribution in [3.8, 4) is 67.8 Å². The Morgan fingerprint density at radius 1 is 0.435 bits per heavy atom. The first-order chi connectivity index (χ1) is 22.4. The highest BCUT2D eigenvalue weighted by molar-refractivity contribution is 5.90. The molecule has 2 aromatic heterocycles. The Kier molecular flexibility index (Phi) is 7.28. The van der Waals surface area contributed by atoms with Crippen molar-refractivity contribution in [1.82, 2.24) is 19.9 Å². The van der Waals surface area contributed by atoms with E-state index in [-0.39, 0.29) is 11.1 Å². The van der Waals surface area contributed by atoms with Gasteiger partial charge in [-0.15, -0.1) is 0 Å². The van der Waals surface area contributed by atoms with Gasteiger partial charge in [-0.1, -0.05) is 103 Å². The van der Waals surface area contributed by atoms with Crippen LogP contribution >= 0.6 is 0 Å². The number of carboxylic acid groups (broad SMARTS) is 2. The summed E-state index contributed by atoms with van der Waals surface area (Å²) in [4.78, 5) is 39.8. The number of aromatic amines is 2. The maximum Gasteiger partial charge on any atom is 0.335 e. The van der Waals surface area contributed by atoms with Gasteiger partial charge >= 0.3 is 11.9 Å². The largest absolute Gasteiger partial charge is 0.478 e. The molecule has 0 unspecified atom stereocenters. The number of benzene rings is 5. The molecular weight excluding hydrogens is 576 g/mol. The molecule has 0 aliphatic rings. The van der Waals surface area contributed by atoms with Crippen LogP contribution in [0.3, 0.4) is 0 Å². The lowest BCUT2D eigenvalue weighted by Gasteiger charge is -2.07. The summed E-state index contributed by atoms with van der Waals surface area (Å²) in [6, 6.07) is 41.2. The Morgan fingerprint density at radius 3 is 1.17 bits per heavy atom. The molecule has 7 rings (SSSR count). The summed E-state index contributed by atoms with van der Waals surface area (Å²) in [5.41, 5.74) is 8.75. The summed E-state index contributed by atoms with van der Waals surface area (Å²) < 4.78 is 0. The molecule has 0 aliphatic carbocycles. The minimum atomic E-state index is -0.984. The van der Waals surface area contributed by atoms with Crippen LogP contribution in [0, 0.1) is 0 Å². The molecule has 0 radical (unpaired) electrons. The van der Waals surface area contributed by atoms with Crippen molar-refractivity contribution < 1.29 is 19.8 Å². The number of hydrogen-bond acceptors (Lipinski definition) is 4. The van der Waals surface area contributed by atoms with E-state index in [1.54, 1.807) is 48.5 Å². The summed E-state index contributed by atoms with van der Waals surface area (Å²) in [5, 5.41) is 18.7. The number of rotatable bonds is 8. The number of nitrogens with zero attached hydrogens (tertiary/aromatic N) is 2. The topological polar surface area (TPSA) is 132 Å². The molecule has 8 nitrogen and oxygen atoms in total. The Balaban J connectivity index is 1.35. The Labute approximate surface area is 263 Å². The molecule has 0 spiro atoms.